The van der Waals surface area contributed by atoms with Gasteiger partial charge in [0.15, 0.2) is 0 Å². The summed E-state index contributed by atoms with van der Waals surface area (Å²) in [6, 6.07) is 0.252. The number of carbonyl (C=O) groups excluding carboxylic acids is 1. The zero-order valence-corrected chi connectivity index (χ0v) is 10.7. The first kappa shape index (κ1) is 15.6. The van der Waals surface area contributed by atoms with Crippen LogP contribution in [0.4, 0.5) is 14.5 Å². The van der Waals surface area contributed by atoms with Gasteiger partial charge >= 0.3 is 5.69 Å². The maximum atomic E-state index is 13.6. The molecule has 0 aliphatic carbocycles. The van der Waals surface area contributed by atoms with E-state index in [9.17, 15) is 23.7 Å². The van der Waals surface area contributed by atoms with Gasteiger partial charge in [-0.1, -0.05) is 19.3 Å². The Morgan fingerprint density at radius 1 is 1.50 bits per heavy atom. The number of nitrogens with zero attached hydrogens (tertiary/aromatic N) is 1. The summed E-state index contributed by atoms with van der Waals surface area (Å²) in [7, 11) is 0. The summed E-state index contributed by atoms with van der Waals surface area (Å²) < 4.78 is 27.0. The third-order valence-corrected chi connectivity index (χ3v) is 2.56. The van der Waals surface area contributed by atoms with Crippen LogP contribution < -0.4 is 5.32 Å². The fourth-order valence-electron chi connectivity index (χ4n) is 1.57. The molecule has 1 aromatic carbocycles. The normalized spacial score (nSPS) is 11.5. The molecule has 1 rings (SSSR count). The average molecular weight is 282 g/mol. The molecule has 106 valence electrons. The van der Waals surface area contributed by atoms with Gasteiger partial charge in [0.2, 0.25) is 5.82 Å². The van der Waals surface area contributed by atoms with Crippen LogP contribution in [0.5, 0.6) is 0 Å². The fraction of sp³-hybridized carbons (Fsp3) is 0.308. The van der Waals surface area contributed by atoms with Crippen molar-refractivity contribution >= 4 is 11.6 Å². The molecular formula is C13H12F2N2O3. The van der Waals surface area contributed by atoms with E-state index in [4.69, 9.17) is 6.42 Å². The zero-order valence-electron chi connectivity index (χ0n) is 10.7. The lowest BCUT2D eigenvalue weighted by molar-refractivity contribution is -0.387. The summed E-state index contributed by atoms with van der Waals surface area (Å²) in [6.07, 6.45) is 6.38. The van der Waals surface area contributed by atoms with E-state index in [-0.39, 0.29) is 0 Å². The minimum atomic E-state index is -1.28. The molecule has 0 aliphatic heterocycles. The van der Waals surface area contributed by atoms with E-state index in [1.807, 2.05) is 6.92 Å². The summed E-state index contributed by atoms with van der Waals surface area (Å²) >= 11 is 0. The van der Waals surface area contributed by atoms with Gasteiger partial charge in [0, 0.05) is 0 Å². The first-order chi connectivity index (χ1) is 9.40. The van der Waals surface area contributed by atoms with E-state index in [0.29, 0.717) is 25.0 Å². The van der Waals surface area contributed by atoms with E-state index in [2.05, 4.69) is 11.2 Å². The number of rotatable bonds is 5. The summed E-state index contributed by atoms with van der Waals surface area (Å²) in [4.78, 5) is 21.1. The van der Waals surface area contributed by atoms with Crippen molar-refractivity contribution < 1.29 is 18.5 Å². The maximum absolute atomic E-state index is 13.6. The van der Waals surface area contributed by atoms with Crippen LogP contribution in [0.15, 0.2) is 12.1 Å². The number of amides is 1. The molecule has 0 fully saturated rings. The molecule has 1 amide bonds. The summed E-state index contributed by atoms with van der Waals surface area (Å²) in [5.74, 6) is -1.06. The Bertz CT molecular complexity index is 582. The number of benzene rings is 1. The van der Waals surface area contributed by atoms with Crippen LogP contribution >= 0.6 is 0 Å². The standard InChI is InChI=1S/C13H12F2N2O3/c1-3-5-8(4-2)16-13(18)9-6-11(15)12(17(19)20)7-10(9)14/h2,6-8H,3,5H2,1H3,(H,16,18). The van der Waals surface area contributed by atoms with E-state index in [1.54, 1.807) is 0 Å². The summed E-state index contributed by atoms with van der Waals surface area (Å²) in [5.41, 5.74) is -1.65. The smallest absolute Gasteiger partial charge is 0.307 e. The third kappa shape index (κ3) is 3.51. The third-order valence-electron chi connectivity index (χ3n) is 2.56. The van der Waals surface area contributed by atoms with Crippen molar-refractivity contribution in [3.05, 3.63) is 39.4 Å². The molecule has 5 nitrogen and oxygen atoms in total. The number of carbonyl (C=O) groups is 1. The fourth-order valence-corrected chi connectivity index (χ4v) is 1.57. The second-order valence-electron chi connectivity index (χ2n) is 4.02. The van der Waals surface area contributed by atoms with Crippen molar-refractivity contribution in [1.82, 2.24) is 5.32 Å². The predicted octanol–water partition coefficient (Wildman–Crippen LogP) is 2.40. The molecule has 0 bridgehead atoms. The number of nitro groups is 1. The van der Waals surface area contributed by atoms with Crippen LogP contribution in [-0.2, 0) is 0 Å². The highest BCUT2D eigenvalue weighted by Gasteiger charge is 2.22. The van der Waals surface area contributed by atoms with Crippen LogP contribution in [0.25, 0.3) is 0 Å². The Morgan fingerprint density at radius 3 is 2.65 bits per heavy atom. The van der Waals surface area contributed by atoms with Crippen LogP contribution in [0.1, 0.15) is 30.1 Å². The first-order valence-electron chi connectivity index (χ1n) is 5.81. The van der Waals surface area contributed by atoms with Crippen LogP contribution in [0.2, 0.25) is 0 Å². The van der Waals surface area contributed by atoms with Crippen molar-refractivity contribution in [3.63, 3.8) is 0 Å². The molecule has 0 aromatic heterocycles. The molecule has 0 radical (unpaired) electrons. The largest absolute Gasteiger partial charge is 0.338 e. The predicted molar refractivity (Wildman–Crippen MR) is 68.0 cm³/mol. The zero-order chi connectivity index (χ0) is 15.3. The van der Waals surface area contributed by atoms with Gasteiger partial charge in [-0.3, -0.25) is 14.9 Å². The molecule has 7 heteroatoms. The highest BCUT2D eigenvalue weighted by Crippen LogP contribution is 2.21. The molecule has 1 atom stereocenters. The molecule has 0 aliphatic rings. The lowest BCUT2D eigenvalue weighted by Gasteiger charge is -2.12. The van der Waals surface area contributed by atoms with Gasteiger partial charge in [-0.05, 0) is 12.5 Å². The number of hydrogen-bond acceptors (Lipinski definition) is 3. The highest BCUT2D eigenvalue weighted by atomic mass is 19.1. The Balaban J connectivity index is 3.03. The van der Waals surface area contributed by atoms with Gasteiger partial charge in [0.05, 0.1) is 22.6 Å². The van der Waals surface area contributed by atoms with Crippen molar-refractivity contribution in [2.24, 2.45) is 0 Å². The Morgan fingerprint density at radius 2 is 2.15 bits per heavy atom. The van der Waals surface area contributed by atoms with Gasteiger partial charge in [0.1, 0.15) is 5.82 Å². The number of hydrogen-bond donors (Lipinski definition) is 1. The minimum Gasteiger partial charge on any atom is -0.338 e. The van der Waals surface area contributed by atoms with Gasteiger partial charge in [-0.2, -0.15) is 4.39 Å². The molecule has 20 heavy (non-hydrogen) atoms. The van der Waals surface area contributed by atoms with Gasteiger partial charge in [-0.15, -0.1) is 6.42 Å². The lowest BCUT2D eigenvalue weighted by Crippen LogP contribution is -2.34. The molecule has 1 N–H and O–H groups in total. The molecule has 0 heterocycles. The Kier molecular flexibility index (Phi) is 5.15. The topological polar surface area (TPSA) is 72.2 Å². The molecule has 1 unspecified atom stereocenters. The second-order valence-corrected chi connectivity index (χ2v) is 4.02. The first-order valence-corrected chi connectivity index (χ1v) is 5.81. The Hall–Kier alpha value is -2.49. The summed E-state index contributed by atoms with van der Waals surface area (Å²) in [6.45, 7) is 1.85. The molecule has 0 spiro atoms. The highest BCUT2D eigenvalue weighted by molar-refractivity contribution is 5.95. The Labute approximate surface area is 114 Å². The van der Waals surface area contributed by atoms with Crippen LogP contribution in [0.3, 0.4) is 0 Å². The SMILES string of the molecule is C#CC(CCC)NC(=O)c1cc(F)c([N+](=O)[O-])cc1F. The van der Waals surface area contributed by atoms with E-state index < -0.39 is 39.8 Å². The van der Waals surface area contributed by atoms with Crippen molar-refractivity contribution in [2.45, 2.75) is 25.8 Å². The summed E-state index contributed by atoms with van der Waals surface area (Å²) in [5, 5.41) is 12.8. The second kappa shape index (κ2) is 6.61. The number of nitro benzene ring substituents is 1. The van der Waals surface area contributed by atoms with Gasteiger partial charge in [-0.25, -0.2) is 4.39 Å². The minimum absolute atomic E-state index is 0.370. The monoisotopic (exact) mass is 282 g/mol. The molecule has 1 aromatic rings. The van der Waals surface area contributed by atoms with Gasteiger partial charge < -0.3 is 5.32 Å². The molecular weight excluding hydrogens is 270 g/mol. The number of nitrogens with one attached hydrogen (secondary N) is 1. The van der Waals surface area contributed by atoms with Gasteiger partial charge in [0.25, 0.3) is 5.91 Å². The number of halogens is 2. The molecule has 0 saturated heterocycles. The van der Waals surface area contributed by atoms with E-state index >= 15 is 0 Å². The molecule has 0 saturated carbocycles. The lowest BCUT2D eigenvalue weighted by atomic mass is 10.1. The van der Waals surface area contributed by atoms with Crippen LogP contribution in [-0.4, -0.2) is 16.9 Å². The van der Waals surface area contributed by atoms with Crippen molar-refractivity contribution in [2.75, 3.05) is 0 Å². The van der Waals surface area contributed by atoms with Crippen LogP contribution in [0, 0.1) is 34.1 Å². The van der Waals surface area contributed by atoms with E-state index in [1.165, 1.54) is 0 Å². The van der Waals surface area contributed by atoms with Crippen molar-refractivity contribution in [3.8, 4) is 12.3 Å². The number of terminal acetylenes is 1. The quantitative estimate of drug-likeness (QED) is 0.512. The average Bonchev–Trinajstić information content (AvgIpc) is 2.39. The van der Waals surface area contributed by atoms with E-state index in [0.717, 1.165) is 0 Å². The van der Waals surface area contributed by atoms with Crippen molar-refractivity contribution in [1.29, 1.82) is 0 Å². The maximum Gasteiger partial charge on any atom is 0.307 e.